The second-order valence-electron chi connectivity index (χ2n) is 5.68. The van der Waals surface area contributed by atoms with Crippen LogP contribution in [0.1, 0.15) is 12.2 Å². The first-order valence-corrected chi connectivity index (χ1v) is 7.87. The largest absolute Gasteiger partial charge is 0.488 e. The Kier molecular flexibility index (Phi) is 3.82. The predicted octanol–water partition coefficient (Wildman–Crippen LogP) is 2.49. The van der Waals surface area contributed by atoms with Crippen LogP contribution in [-0.2, 0) is 0 Å². The van der Waals surface area contributed by atoms with Gasteiger partial charge < -0.3 is 14.2 Å². The van der Waals surface area contributed by atoms with Gasteiger partial charge in [0.25, 0.3) is 5.89 Å². The minimum absolute atomic E-state index is 0.117. The van der Waals surface area contributed by atoms with Crippen LogP contribution >= 0.6 is 0 Å². The van der Waals surface area contributed by atoms with E-state index in [1.165, 1.54) is 0 Å². The van der Waals surface area contributed by atoms with Gasteiger partial charge in [0.1, 0.15) is 17.7 Å². The van der Waals surface area contributed by atoms with Crippen molar-refractivity contribution in [2.45, 2.75) is 19.4 Å². The van der Waals surface area contributed by atoms with E-state index < -0.39 is 0 Å². The highest BCUT2D eigenvalue weighted by Crippen LogP contribution is 2.30. The lowest BCUT2D eigenvalue weighted by molar-refractivity contribution is 0.224. The number of hydrogen-bond acceptors (Lipinski definition) is 7. The average molecular weight is 323 g/mol. The number of rotatable bonds is 4. The molecule has 4 rings (SSSR count). The summed E-state index contributed by atoms with van der Waals surface area (Å²) in [5.74, 6) is 2.79. The van der Waals surface area contributed by atoms with Crippen LogP contribution in [0.25, 0.3) is 11.5 Å². The summed E-state index contributed by atoms with van der Waals surface area (Å²) in [5.41, 5.74) is 0.850. The van der Waals surface area contributed by atoms with Crippen molar-refractivity contribution in [2.24, 2.45) is 0 Å². The van der Waals surface area contributed by atoms with E-state index in [-0.39, 0.29) is 6.10 Å². The summed E-state index contributed by atoms with van der Waals surface area (Å²) in [7, 11) is 0. The van der Waals surface area contributed by atoms with Crippen molar-refractivity contribution in [3.05, 3.63) is 48.7 Å². The summed E-state index contributed by atoms with van der Waals surface area (Å²) < 4.78 is 11.3. The molecule has 1 unspecified atom stereocenters. The molecule has 0 aromatic carbocycles. The number of hydrogen-bond donors (Lipinski definition) is 0. The van der Waals surface area contributed by atoms with Crippen molar-refractivity contribution in [1.29, 1.82) is 0 Å². The maximum absolute atomic E-state index is 6.02. The topological polar surface area (TPSA) is 77.2 Å². The number of aryl methyl sites for hydroxylation is 1. The van der Waals surface area contributed by atoms with Gasteiger partial charge >= 0.3 is 0 Å². The Hall–Kier alpha value is -2.96. The zero-order chi connectivity index (χ0) is 16.4. The molecule has 1 atom stereocenters. The van der Waals surface area contributed by atoms with E-state index in [1.54, 1.807) is 25.5 Å². The summed E-state index contributed by atoms with van der Waals surface area (Å²) in [6.45, 7) is 3.43. The third kappa shape index (κ3) is 2.92. The maximum Gasteiger partial charge on any atom is 0.261 e. The van der Waals surface area contributed by atoms with Crippen LogP contribution in [0.2, 0.25) is 0 Å². The fraction of sp³-hybridized carbons (Fsp3) is 0.294. The number of nitrogens with zero attached hydrogens (tertiary/aromatic N) is 5. The van der Waals surface area contributed by atoms with Crippen molar-refractivity contribution in [3.8, 4) is 17.2 Å². The molecular weight excluding hydrogens is 306 g/mol. The van der Waals surface area contributed by atoms with Gasteiger partial charge in [0.05, 0.1) is 12.1 Å². The minimum Gasteiger partial charge on any atom is -0.488 e. The quantitative estimate of drug-likeness (QED) is 0.730. The van der Waals surface area contributed by atoms with Crippen LogP contribution in [0.3, 0.4) is 0 Å². The lowest BCUT2D eigenvalue weighted by Crippen LogP contribution is -2.25. The van der Waals surface area contributed by atoms with E-state index in [2.05, 4.69) is 25.0 Å². The molecule has 0 bridgehead atoms. The van der Waals surface area contributed by atoms with E-state index in [9.17, 15) is 0 Å². The summed E-state index contributed by atoms with van der Waals surface area (Å²) in [6.07, 6.45) is 6.29. The molecule has 7 heteroatoms. The van der Waals surface area contributed by atoms with Crippen LogP contribution in [0, 0.1) is 6.92 Å². The number of pyridine rings is 2. The molecule has 1 aliphatic heterocycles. The van der Waals surface area contributed by atoms with Gasteiger partial charge in [0.15, 0.2) is 5.82 Å². The van der Waals surface area contributed by atoms with Gasteiger partial charge in [0.2, 0.25) is 0 Å². The number of aromatic nitrogens is 4. The third-order valence-corrected chi connectivity index (χ3v) is 3.94. The molecule has 1 aliphatic rings. The summed E-state index contributed by atoms with van der Waals surface area (Å²) >= 11 is 0. The van der Waals surface area contributed by atoms with Gasteiger partial charge in [-0.1, -0.05) is 5.16 Å². The highest BCUT2D eigenvalue weighted by molar-refractivity contribution is 5.70. The Morgan fingerprint density at radius 2 is 2.08 bits per heavy atom. The predicted molar refractivity (Wildman–Crippen MR) is 87.7 cm³/mol. The monoisotopic (exact) mass is 323 g/mol. The third-order valence-electron chi connectivity index (χ3n) is 3.94. The highest BCUT2D eigenvalue weighted by atomic mass is 16.5. The van der Waals surface area contributed by atoms with Gasteiger partial charge in [-0.25, -0.2) is 4.98 Å². The Balaban J connectivity index is 1.53. The molecule has 1 saturated heterocycles. The SMILES string of the molecule is Cc1noc(-c2cccnc2N2CCC(Oc3ccncc3)C2)n1. The minimum atomic E-state index is 0.117. The Morgan fingerprint density at radius 1 is 1.21 bits per heavy atom. The second kappa shape index (κ2) is 6.27. The molecule has 0 radical (unpaired) electrons. The Bertz CT molecular complexity index is 821. The molecule has 0 aliphatic carbocycles. The van der Waals surface area contributed by atoms with Crippen LogP contribution in [0.4, 0.5) is 5.82 Å². The van der Waals surface area contributed by atoms with Gasteiger partial charge in [-0.05, 0) is 31.2 Å². The molecule has 0 amide bonds. The zero-order valence-electron chi connectivity index (χ0n) is 13.3. The van der Waals surface area contributed by atoms with Crippen molar-refractivity contribution >= 4 is 5.82 Å². The van der Waals surface area contributed by atoms with Crippen LogP contribution < -0.4 is 9.64 Å². The standard InChI is InChI=1S/C17H17N5O2/c1-12-20-17(24-21-12)15-3-2-7-19-16(15)22-10-6-14(11-22)23-13-4-8-18-9-5-13/h2-5,7-9,14H,6,10-11H2,1H3. The molecule has 24 heavy (non-hydrogen) atoms. The molecule has 0 spiro atoms. The Morgan fingerprint density at radius 3 is 2.88 bits per heavy atom. The van der Waals surface area contributed by atoms with Crippen LogP contribution in [-0.4, -0.2) is 39.3 Å². The van der Waals surface area contributed by atoms with Gasteiger partial charge in [-0.3, -0.25) is 4.98 Å². The smallest absolute Gasteiger partial charge is 0.261 e. The van der Waals surface area contributed by atoms with Crippen LogP contribution in [0.5, 0.6) is 5.75 Å². The molecule has 0 saturated carbocycles. The second-order valence-corrected chi connectivity index (χ2v) is 5.68. The van der Waals surface area contributed by atoms with Crippen molar-refractivity contribution in [3.63, 3.8) is 0 Å². The number of ether oxygens (including phenoxy) is 1. The summed E-state index contributed by atoms with van der Waals surface area (Å²) in [6, 6.07) is 7.57. The average Bonchev–Trinajstić information content (AvgIpc) is 3.25. The van der Waals surface area contributed by atoms with E-state index in [0.29, 0.717) is 11.7 Å². The van der Waals surface area contributed by atoms with Gasteiger partial charge in [-0.2, -0.15) is 4.98 Å². The molecule has 3 aromatic heterocycles. The lowest BCUT2D eigenvalue weighted by Gasteiger charge is -2.19. The first kappa shape index (κ1) is 14.6. The van der Waals surface area contributed by atoms with E-state index in [1.807, 2.05) is 24.3 Å². The lowest BCUT2D eigenvalue weighted by atomic mass is 10.2. The molecule has 122 valence electrons. The maximum atomic E-state index is 6.02. The fourth-order valence-corrected chi connectivity index (χ4v) is 2.85. The van der Waals surface area contributed by atoms with E-state index in [4.69, 9.17) is 9.26 Å². The van der Waals surface area contributed by atoms with Crippen LogP contribution in [0.15, 0.2) is 47.4 Å². The summed E-state index contributed by atoms with van der Waals surface area (Å²) in [4.78, 5) is 15.0. The Labute approximate surface area is 139 Å². The zero-order valence-corrected chi connectivity index (χ0v) is 13.3. The molecule has 4 heterocycles. The van der Waals surface area contributed by atoms with Gasteiger partial charge in [-0.15, -0.1) is 0 Å². The molecular formula is C17H17N5O2. The first-order chi connectivity index (χ1) is 11.8. The summed E-state index contributed by atoms with van der Waals surface area (Å²) in [5, 5.41) is 3.87. The molecule has 3 aromatic rings. The normalized spacial score (nSPS) is 17.2. The highest BCUT2D eigenvalue weighted by Gasteiger charge is 2.27. The molecule has 7 nitrogen and oxygen atoms in total. The number of anilines is 1. The molecule has 0 N–H and O–H groups in total. The fourth-order valence-electron chi connectivity index (χ4n) is 2.85. The first-order valence-electron chi connectivity index (χ1n) is 7.87. The van der Waals surface area contributed by atoms with E-state index in [0.717, 1.165) is 36.6 Å². The van der Waals surface area contributed by atoms with Crippen molar-refractivity contribution in [1.82, 2.24) is 20.1 Å². The van der Waals surface area contributed by atoms with Gasteiger partial charge in [0, 0.05) is 31.6 Å². The molecule has 1 fully saturated rings. The van der Waals surface area contributed by atoms with Crippen molar-refractivity contribution in [2.75, 3.05) is 18.0 Å². The van der Waals surface area contributed by atoms with E-state index >= 15 is 0 Å². The van der Waals surface area contributed by atoms with Crippen molar-refractivity contribution < 1.29 is 9.26 Å².